The van der Waals surface area contributed by atoms with Crippen LogP contribution in [0.1, 0.15) is 10.4 Å². The van der Waals surface area contributed by atoms with Crippen LogP contribution < -0.4 is 16.1 Å². The lowest BCUT2D eigenvalue weighted by atomic mass is 10.0. The molecule has 0 aliphatic heterocycles. The van der Waals surface area contributed by atoms with Crippen LogP contribution in [0, 0.1) is 0 Å². The van der Waals surface area contributed by atoms with Gasteiger partial charge in [0.05, 0.1) is 17.6 Å². The molecule has 0 atom stereocenters. The number of nitrogens with one attached hydrogen (secondary N) is 3. The molecule has 1 aromatic carbocycles. The Bertz CT molecular complexity index is 1230. The number of urea groups is 1. The molecule has 4 N–H and O–H groups in total. The average molecular weight is 426 g/mol. The highest BCUT2D eigenvalue weighted by Crippen LogP contribution is 2.25. The Kier molecular flexibility index (Phi) is 6.10. The van der Waals surface area contributed by atoms with Crippen molar-refractivity contribution in [1.29, 1.82) is 0 Å². The van der Waals surface area contributed by atoms with Crippen molar-refractivity contribution < 1.29 is 14.8 Å². The first-order valence-corrected chi connectivity index (χ1v) is 9.58. The van der Waals surface area contributed by atoms with Gasteiger partial charge in [-0.3, -0.25) is 25.3 Å². The van der Waals surface area contributed by atoms with E-state index in [-0.39, 0.29) is 11.4 Å². The Labute approximate surface area is 183 Å². The van der Waals surface area contributed by atoms with Crippen molar-refractivity contribution in [2.24, 2.45) is 0 Å². The van der Waals surface area contributed by atoms with E-state index >= 15 is 0 Å². The van der Waals surface area contributed by atoms with Crippen LogP contribution in [0.15, 0.2) is 85.5 Å². The maximum absolute atomic E-state index is 12.3. The molecule has 4 aromatic rings. The minimum atomic E-state index is -0.726. The van der Waals surface area contributed by atoms with Gasteiger partial charge in [0.25, 0.3) is 5.91 Å². The molecule has 158 valence electrons. The molecular weight excluding hydrogens is 408 g/mol. The van der Waals surface area contributed by atoms with Gasteiger partial charge in [0.2, 0.25) is 0 Å². The Morgan fingerprint density at radius 3 is 2.16 bits per heavy atom. The highest BCUT2D eigenvalue weighted by atomic mass is 16.5. The van der Waals surface area contributed by atoms with Gasteiger partial charge in [-0.15, -0.1) is 0 Å². The number of pyridine rings is 3. The zero-order valence-corrected chi connectivity index (χ0v) is 16.7. The van der Waals surface area contributed by atoms with Gasteiger partial charge in [-0.05, 0) is 41.5 Å². The molecule has 0 aliphatic carbocycles. The number of anilines is 2. The van der Waals surface area contributed by atoms with Gasteiger partial charge in [0.1, 0.15) is 5.82 Å². The van der Waals surface area contributed by atoms with E-state index in [9.17, 15) is 9.59 Å². The van der Waals surface area contributed by atoms with Crippen molar-refractivity contribution in [1.82, 2.24) is 20.4 Å². The fourth-order valence-corrected chi connectivity index (χ4v) is 3.02. The van der Waals surface area contributed by atoms with Crippen molar-refractivity contribution in [3.8, 4) is 22.4 Å². The van der Waals surface area contributed by atoms with Crippen LogP contribution in [-0.4, -0.2) is 32.1 Å². The highest BCUT2D eigenvalue weighted by Gasteiger charge is 2.13. The first kappa shape index (κ1) is 20.6. The predicted molar refractivity (Wildman–Crippen MR) is 119 cm³/mol. The maximum Gasteiger partial charge on any atom is 0.324 e. The lowest BCUT2D eigenvalue weighted by Gasteiger charge is -2.11. The number of hydrogen-bond donors (Lipinski definition) is 4. The number of carbonyl (C=O) groups is 2. The van der Waals surface area contributed by atoms with Crippen molar-refractivity contribution in [2.75, 3.05) is 10.6 Å². The normalized spacial score (nSPS) is 10.3. The molecule has 3 aromatic heterocycles. The maximum atomic E-state index is 12.3. The molecular formula is C23H18N6O3. The van der Waals surface area contributed by atoms with E-state index in [0.29, 0.717) is 11.4 Å². The first-order chi connectivity index (χ1) is 15.6. The van der Waals surface area contributed by atoms with Crippen LogP contribution in [0.3, 0.4) is 0 Å². The van der Waals surface area contributed by atoms with E-state index in [1.807, 2.05) is 36.4 Å². The van der Waals surface area contributed by atoms with Crippen molar-refractivity contribution in [2.45, 2.75) is 0 Å². The SMILES string of the molecule is O=C(Nc1cccnc1)Nc1cc(C(=O)NO)cc(-c2ccc(-c3cccnc3)cc2)n1. The highest BCUT2D eigenvalue weighted by molar-refractivity contribution is 6.01. The Hall–Kier alpha value is -4.63. The van der Waals surface area contributed by atoms with E-state index in [4.69, 9.17) is 5.21 Å². The summed E-state index contributed by atoms with van der Waals surface area (Å²) in [6, 6.07) is 17.0. The third-order valence-electron chi connectivity index (χ3n) is 4.53. The zero-order chi connectivity index (χ0) is 22.3. The summed E-state index contributed by atoms with van der Waals surface area (Å²) in [6.45, 7) is 0. The summed E-state index contributed by atoms with van der Waals surface area (Å²) in [5.74, 6) is -0.588. The van der Waals surface area contributed by atoms with E-state index < -0.39 is 11.9 Å². The lowest BCUT2D eigenvalue weighted by Crippen LogP contribution is -2.22. The first-order valence-electron chi connectivity index (χ1n) is 9.58. The number of hydroxylamine groups is 1. The molecule has 0 saturated carbocycles. The molecule has 3 heterocycles. The fourth-order valence-electron chi connectivity index (χ4n) is 3.02. The molecule has 4 rings (SSSR count). The Balaban J connectivity index is 1.61. The van der Waals surface area contributed by atoms with Crippen LogP contribution in [-0.2, 0) is 0 Å². The number of nitrogens with zero attached hydrogens (tertiary/aromatic N) is 3. The number of hydrogen-bond acceptors (Lipinski definition) is 6. The summed E-state index contributed by atoms with van der Waals surface area (Å²) in [7, 11) is 0. The Morgan fingerprint density at radius 2 is 1.50 bits per heavy atom. The fraction of sp³-hybridized carbons (Fsp3) is 0. The second kappa shape index (κ2) is 9.45. The van der Waals surface area contributed by atoms with Gasteiger partial charge >= 0.3 is 6.03 Å². The smallest absolute Gasteiger partial charge is 0.306 e. The zero-order valence-electron chi connectivity index (χ0n) is 16.7. The number of carbonyl (C=O) groups excluding carboxylic acids is 2. The second-order valence-electron chi connectivity index (χ2n) is 6.71. The summed E-state index contributed by atoms with van der Waals surface area (Å²) in [4.78, 5) is 36.9. The molecule has 9 heteroatoms. The molecule has 0 spiro atoms. The third-order valence-corrected chi connectivity index (χ3v) is 4.53. The van der Waals surface area contributed by atoms with Crippen molar-refractivity contribution >= 4 is 23.4 Å². The molecule has 9 nitrogen and oxygen atoms in total. The second-order valence-corrected chi connectivity index (χ2v) is 6.71. The largest absolute Gasteiger partial charge is 0.324 e. The van der Waals surface area contributed by atoms with E-state index in [0.717, 1.165) is 16.7 Å². The summed E-state index contributed by atoms with van der Waals surface area (Å²) < 4.78 is 0. The van der Waals surface area contributed by atoms with Gasteiger partial charge in [-0.2, -0.15) is 0 Å². The van der Waals surface area contributed by atoms with Crippen LogP contribution in [0.25, 0.3) is 22.4 Å². The lowest BCUT2D eigenvalue weighted by molar-refractivity contribution is 0.0706. The predicted octanol–water partition coefficient (Wildman–Crippen LogP) is 3.97. The standard InChI is InChI=1S/C23H18N6O3/c30-22(29-32)18-11-20(16-7-5-15(6-8-16)17-3-1-9-24-13-17)27-21(12-18)28-23(31)26-19-4-2-10-25-14-19/h1-14,32H,(H,29,30)(H2,26,27,28,31). The van der Waals surface area contributed by atoms with Gasteiger partial charge in [-0.25, -0.2) is 15.3 Å². The van der Waals surface area contributed by atoms with Gasteiger partial charge in [-0.1, -0.05) is 30.3 Å². The molecule has 3 amide bonds. The minimum Gasteiger partial charge on any atom is -0.306 e. The molecule has 0 aliphatic rings. The monoisotopic (exact) mass is 426 g/mol. The summed E-state index contributed by atoms with van der Waals surface area (Å²) >= 11 is 0. The number of benzene rings is 1. The van der Waals surface area contributed by atoms with Gasteiger partial charge < -0.3 is 5.32 Å². The third kappa shape index (κ3) is 4.91. The Morgan fingerprint density at radius 1 is 0.781 bits per heavy atom. The van der Waals surface area contributed by atoms with E-state index in [1.54, 1.807) is 36.2 Å². The topological polar surface area (TPSA) is 129 Å². The van der Waals surface area contributed by atoms with E-state index in [1.165, 1.54) is 18.3 Å². The summed E-state index contributed by atoms with van der Waals surface area (Å²) in [5.41, 5.74) is 5.34. The summed E-state index contributed by atoms with van der Waals surface area (Å²) in [6.07, 6.45) is 6.56. The average Bonchev–Trinajstić information content (AvgIpc) is 2.84. The van der Waals surface area contributed by atoms with Crippen molar-refractivity contribution in [3.05, 3.63) is 91.0 Å². The van der Waals surface area contributed by atoms with Crippen LogP contribution >= 0.6 is 0 Å². The van der Waals surface area contributed by atoms with Crippen LogP contribution in [0.4, 0.5) is 16.3 Å². The molecule has 0 saturated heterocycles. The number of rotatable bonds is 5. The summed E-state index contributed by atoms with van der Waals surface area (Å²) in [5, 5.41) is 14.3. The molecule has 0 unspecified atom stereocenters. The van der Waals surface area contributed by atoms with Crippen LogP contribution in [0.5, 0.6) is 0 Å². The molecule has 0 fully saturated rings. The van der Waals surface area contributed by atoms with Crippen molar-refractivity contribution in [3.63, 3.8) is 0 Å². The number of amides is 3. The number of aromatic nitrogens is 3. The van der Waals surface area contributed by atoms with E-state index in [2.05, 4.69) is 25.6 Å². The van der Waals surface area contributed by atoms with Gasteiger partial charge in [0, 0.05) is 29.7 Å². The molecule has 0 bridgehead atoms. The molecule has 0 radical (unpaired) electrons. The molecule has 32 heavy (non-hydrogen) atoms. The van der Waals surface area contributed by atoms with Gasteiger partial charge in [0.15, 0.2) is 0 Å². The minimum absolute atomic E-state index is 0.130. The quantitative estimate of drug-likeness (QED) is 0.282. The van der Waals surface area contributed by atoms with Crippen LogP contribution in [0.2, 0.25) is 0 Å².